The standard InChI is InChI=1S/C12H15ClN4/c13-11-7-10-3-6-17(12(10)16-15-11)8-9-1-4-14-5-2-9/h3,6-7,9,14H,1-2,4-5,8H2. The van der Waals surface area contributed by atoms with E-state index in [0.717, 1.165) is 36.6 Å². The molecule has 90 valence electrons. The van der Waals surface area contributed by atoms with Crippen LogP contribution in [-0.4, -0.2) is 27.9 Å². The molecule has 0 unspecified atom stereocenters. The Morgan fingerprint density at radius 1 is 1.35 bits per heavy atom. The third kappa shape index (κ3) is 2.28. The molecule has 1 aliphatic heterocycles. The molecular formula is C12H15ClN4. The van der Waals surface area contributed by atoms with Gasteiger partial charge in [-0.2, -0.15) is 0 Å². The lowest BCUT2D eigenvalue weighted by molar-refractivity contribution is 0.336. The van der Waals surface area contributed by atoms with E-state index in [-0.39, 0.29) is 0 Å². The summed E-state index contributed by atoms with van der Waals surface area (Å²) in [7, 11) is 0. The number of aromatic nitrogens is 3. The van der Waals surface area contributed by atoms with Gasteiger partial charge in [-0.1, -0.05) is 11.6 Å². The van der Waals surface area contributed by atoms with E-state index in [1.165, 1.54) is 12.8 Å². The number of hydrogen-bond donors (Lipinski definition) is 1. The largest absolute Gasteiger partial charge is 0.331 e. The lowest BCUT2D eigenvalue weighted by atomic mass is 9.98. The molecule has 0 atom stereocenters. The summed E-state index contributed by atoms with van der Waals surface area (Å²) in [5, 5.41) is 13.0. The van der Waals surface area contributed by atoms with Crippen LogP contribution in [0.3, 0.4) is 0 Å². The number of nitrogens with one attached hydrogen (secondary N) is 1. The van der Waals surface area contributed by atoms with Gasteiger partial charge in [-0.3, -0.25) is 0 Å². The van der Waals surface area contributed by atoms with Crippen molar-refractivity contribution in [2.24, 2.45) is 5.92 Å². The van der Waals surface area contributed by atoms with Crippen LogP contribution in [-0.2, 0) is 6.54 Å². The molecule has 2 aromatic rings. The second kappa shape index (κ2) is 4.63. The van der Waals surface area contributed by atoms with Gasteiger partial charge in [-0.15, -0.1) is 10.2 Å². The predicted molar refractivity (Wildman–Crippen MR) is 68.1 cm³/mol. The first-order chi connectivity index (χ1) is 8.33. The summed E-state index contributed by atoms with van der Waals surface area (Å²) in [4.78, 5) is 0. The second-order valence-corrected chi connectivity index (χ2v) is 4.99. The zero-order valence-electron chi connectivity index (χ0n) is 9.56. The van der Waals surface area contributed by atoms with E-state index in [9.17, 15) is 0 Å². The fourth-order valence-corrected chi connectivity index (χ4v) is 2.61. The summed E-state index contributed by atoms with van der Waals surface area (Å²) in [5.41, 5.74) is 0.938. The highest BCUT2D eigenvalue weighted by Gasteiger charge is 2.14. The zero-order valence-corrected chi connectivity index (χ0v) is 10.3. The van der Waals surface area contributed by atoms with E-state index >= 15 is 0 Å². The summed E-state index contributed by atoms with van der Waals surface area (Å²) in [5.74, 6) is 0.740. The Labute approximate surface area is 105 Å². The first-order valence-corrected chi connectivity index (χ1v) is 6.39. The summed E-state index contributed by atoms with van der Waals surface area (Å²) < 4.78 is 2.19. The fraction of sp³-hybridized carbons (Fsp3) is 0.500. The molecule has 0 spiro atoms. The molecule has 0 aromatic carbocycles. The molecule has 1 aliphatic rings. The smallest absolute Gasteiger partial charge is 0.162 e. The maximum atomic E-state index is 5.83. The van der Waals surface area contributed by atoms with Gasteiger partial charge in [-0.25, -0.2) is 0 Å². The Morgan fingerprint density at radius 3 is 3.00 bits per heavy atom. The predicted octanol–water partition coefficient (Wildman–Crippen LogP) is 2.08. The Kier molecular flexibility index (Phi) is 2.99. The molecule has 0 aliphatic carbocycles. The Balaban J connectivity index is 1.84. The Bertz CT molecular complexity index is 516. The zero-order chi connectivity index (χ0) is 11.7. The van der Waals surface area contributed by atoms with E-state index in [4.69, 9.17) is 11.6 Å². The molecule has 1 N–H and O–H groups in total. The summed E-state index contributed by atoms with van der Waals surface area (Å²) in [6.45, 7) is 3.28. The number of nitrogens with zero attached hydrogens (tertiary/aromatic N) is 3. The van der Waals surface area contributed by atoms with Crippen LogP contribution in [0.4, 0.5) is 0 Å². The quantitative estimate of drug-likeness (QED) is 0.888. The maximum Gasteiger partial charge on any atom is 0.162 e. The minimum Gasteiger partial charge on any atom is -0.331 e. The van der Waals surface area contributed by atoms with Crippen LogP contribution in [0.25, 0.3) is 11.0 Å². The van der Waals surface area contributed by atoms with Crippen molar-refractivity contribution in [1.82, 2.24) is 20.1 Å². The van der Waals surface area contributed by atoms with Crippen molar-refractivity contribution in [2.75, 3.05) is 13.1 Å². The van der Waals surface area contributed by atoms with Gasteiger partial charge in [0.05, 0.1) is 0 Å². The summed E-state index contributed by atoms with van der Waals surface area (Å²) in [6.07, 6.45) is 4.55. The van der Waals surface area contributed by atoms with Gasteiger partial charge < -0.3 is 9.88 Å². The molecular weight excluding hydrogens is 236 g/mol. The van der Waals surface area contributed by atoms with E-state index < -0.39 is 0 Å². The second-order valence-electron chi connectivity index (χ2n) is 4.61. The maximum absolute atomic E-state index is 5.83. The van der Waals surface area contributed by atoms with Gasteiger partial charge in [0.2, 0.25) is 0 Å². The first kappa shape index (κ1) is 11.0. The molecule has 0 amide bonds. The van der Waals surface area contributed by atoms with Crippen LogP contribution in [0.5, 0.6) is 0 Å². The Hall–Kier alpha value is -1.13. The number of rotatable bonds is 2. The third-order valence-corrected chi connectivity index (χ3v) is 3.58. The fourth-order valence-electron chi connectivity index (χ4n) is 2.45. The topological polar surface area (TPSA) is 42.7 Å². The monoisotopic (exact) mass is 250 g/mol. The number of halogens is 1. The van der Waals surface area contributed by atoms with E-state index in [1.54, 1.807) is 0 Å². The van der Waals surface area contributed by atoms with Crippen LogP contribution in [0, 0.1) is 5.92 Å². The Morgan fingerprint density at radius 2 is 2.18 bits per heavy atom. The van der Waals surface area contributed by atoms with Gasteiger partial charge in [-0.05, 0) is 44.0 Å². The van der Waals surface area contributed by atoms with Crippen molar-refractivity contribution >= 4 is 22.6 Å². The molecule has 17 heavy (non-hydrogen) atoms. The van der Waals surface area contributed by atoms with Crippen LogP contribution in [0.2, 0.25) is 5.15 Å². The normalized spacial score (nSPS) is 17.7. The molecule has 0 bridgehead atoms. The SMILES string of the molecule is Clc1cc2ccn(CC3CCNCC3)c2nn1. The van der Waals surface area contributed by atoms with Crippen molar-refractivity contribution < 1.29 is 0 Å². The van der Waals surface area contributed by atoms with Crippen LogP contribution < -0.4 is 5.32 Å². The molecule has 1 saturated heterocycles. The molecule has 1 fully saturated rings. The first-order valence-electron chi connectivity index (χ1n) is 6.02. The average Bonchev–Trinajstić information content (AvgIpc) is 2.73. The molecule has 4 nitrogen and oxygen atoms in total. The van der Waals surface area contributed by atoms with Crippen molar-refractivity contribution in [3.63, 3.8) is 0 Å². The van der Waals surface area contributed by atoms with Crippen LogP contribution in [0.1, 0.15) is 12.8 Å². The number of hydrogen-bond acceptors (Lipinski definition) is 3. The number of piperidine rings is 1. The third-order valence-electron chi connectivity index (χ3n) is 3.39. The summed E-state index contributed by atoms with van der Waals surface area (Å²) in [6, 6.07) is 3.92. The highest BCUT2D eigenvalue weighted by atomic mass is 35.5. The van der Waals surface area contributed by atoms with Crippen molar-refractivity contribution in [3.05, 3.63) is 23.5 Å². The number of fused-ring (bicyclic) bond motifs is 1. The minimum atomic E-state index is 0.456. The lowest BCUT2D eigenvalue weighted by Gasteiger charge is -2.23. The minimum absolute atomic E-state index is 0.456. The van der Waals surface area contributed by atoms with Gasteiger partial charge in [0.15, 0.2) is 10.8 Å². The molecule has 2 aromatic heterocycles. The van der Waals surface area contributed by atoms with Crippen molar-refractivity contribution in [1.29, 1.82) is 0 Å². The van der Waals surface area contributed by atoms with Crippen LogP contribution in [0.15, 0.2) is 18.3 Å². The van der Waals surface area contributed by atoms with E-state index in [0.29, 0.717) is 5.15 Å². The van der Waals surface area contributed by atoms with Crippen molar-refractivity contribution in [2.45, 2.75) is 19.4 Å². The lowest BCUT2D eigenvalue weighted by Crippen LogP contribution is -2.29. The molecule has 0 radical (unpaired) electrons. The van der Waals surface area contributed by atoms with Gasteiger partial charge in [0.1, 0.15) is 0 Å². The van der Waals surface area contributed by atoms with Crippen molar-refractivity contribution in [3.8, 4) is 0 Å². The van der Waals surface area contributed by atoms with E-state index in [2.05, 4.69) is 32.3 Å². The molecule has 3 rings (SSSR count). The summed E-state index contributed by atoms with van der Waals surface area (Å²) >= 11 is 5.83. The van der Waals surface area contributed by atoms with Gasteiger partial charge in [0, 0.05) is 18.1 Å². The molecule has 5 heteroatoms. The van der Waals surface area contributed by atoms with E-state index in [1.807, 2.05) is 6.07 Å². The average molecular weight is 251 g/mol. The van der Waals surface area contributed by atoms with Crippen LogP contribution >= 0.6 is 11.6 Å². The highest BCUT2D eigenvalue weighted by Crippen LogP contribution is 2.20. The van der Waals surface area contributed by atoms with Gasteiger partial charge >= 0.3 is 0 Å². The highest BCUT2D eigenvalue weighted by molar-refractivity contribution is 6.29. The van der Waals surface area contributed by atoms with Gasteiger partial charge in [0.25, 0.3) is 0 Å². The molecule has 0 saturated carbocycles. The molecule has 3 heterocycles.